The van der Waals surface area contributed by atoms with Crippen LogP contribution in [0.1, 0.15) is 37.3 Å². The van der Waals surface area contributed by atoms with Crippen molar-refractivity contribution in [1.82, 2.24) is 5.32 Å². The van der Waals surface area contributed by atoms with E-state index in [4.69, 9.17) is 0 Å². The van der Waals surface area contributed by atoms with E-state index >= 15 is 0 Å². The summed E-state index contributed by atoms with van der Waals surface area (Å²) in [4.78, 5) is 2.43. The number of hydrogen-bond donors (Lipinski definition) is 1. The molecule has 1 fully saturated rings. The summed E-state index contributed by atoms with van der Waals surface area (Å²) in [6.07, 6.45) is 6.09. The van der Waals surface area contributed by atoms with Gasteiger partial charge < -0.3 is 10.2 Å². The van der Waals surface area contributed by atoms with Gasteiger partial charge in [-0.3, -0.25) is 0 Å². The van der Waals surface area contributed by atoms with Gasteiger partial charge in [0.25, 0.3) is 0 Å². The lowest BCUT2D eigenvalue weighted by atomic mass is 10.1. The number of benzene rings is 1. The normalized spacial score (nSPS) is 16.2. The minimum Gasteiger partial charge on any atom is -0.371 e. The first-order valence-electron chi connectivity index (χ1n) is 7.70. The molecular formula is C17H28N2S. The molecule has 1 unspecified atom stereocenters. The summed E-state index contributed by atoms with van der Waals surface area (Å²) in [6.45, 7) is 5.53. The van der Waals surface area contributed by atoms with Crippen molar-refractivity contribution in [3.63, 3.8) is 0 Å². The molecule has 0 bridgehead atoms. The fourth-order valence-corrected chi connectivity index (χ4v) is 3.39. The zero-order valence-electron chi connectivity index (χ0n) is 13.3. The van der Waals surface area contributed by atoms with Crippen LogP contribution in [0.15, 0.2) is 18.2 Å². The molecule has 0 aliphatic heterocycles. The van der Waals surface area contributed by atoms with E-state index in [9.17, 15) is 0 Å². The van der Waals surface area contributed by atoms with Crippen LogP contribution in [0.5, 0.6) is 0 Å². The Morgan fingerprint density at radius 1 is 1.40 bits per heavy atom. The zero-order chi connectivity index (χ0) is 14.5. The first kappa shape index (κ1) is 15.7. The lowest BCUT2D eigenvalue weighted by Crippen LogP contribution is -2.33. The van der Waals surface area contributed by atoms with Crippen molar-refractivity contribution < 1.29 is 0 Å². The standard InChI is InChI=1S/C17H28N2S/c1-5-16(12-20-4)19(3)17-9-6-14(13(2)10-17)11-18-15-7-8-15/h6,9-10,15-16,18H,5,7-8,11-12H2,1-4H3. The summed E-state index contributed by atoms with van der Waals surface area (Å²) in [7, 11) is 2.22. The molecule has 0 heterocycles. The highest BCUT2D eigenvalue weighted by atomic mass is 32.2. The van der Waals surface area contributed by atoms with Crippen LogP contribution in [0.25, 0.3) is 0 Å². The maximum Gasteiger partial charge on any atom is 0.0374 e. The summed E-state index contributed by atoms with van der Waals surface area (Å²) in [5.41, 5.74) is 4.19. The lowest BCUT2D eigenvalue weighted by Gasteiger charge is -2.29. The number of rotatable bonds is 8. The van der Waals surface area contributed by atoms with E-state index < -0.39 is 0 Å². The van der Waals surface area contributed by atoms with Gasteiger partial charge in [0.15, 0.2) is 0 Å². The molecule has 1 atom stereocenters. The van der Waals surface area contributed by atoms with Crippen LogP contribution in [-0.4, -0.2) is 31.1 Å². The van der Waals surface area contributed by atoms with Crippen LogP contribution in [0.2, 0.25) is 0 Å². The lowest BCUT2D eigenvalue weighted by molar-refractivity contribution is 0.670. The Balaban J connectivity index is 2.02. The molecule has 1 aromatic rings. The van der Waals surface area contributed by atoms with Crippen molar-refractivity contribution in [2.45, 2.75) is 51.7 Å². The first-order chi connectivity index (χ1) is 9.65. The number of aryl methyl sites for hydroxylation is 1. The second-order valence-corrected chi connectivity index (χ2v) is 6.80. The van der Waals surface area contributed by atoms with Gasteiger partial charge in [-0.05, 0) is 55.7 Å². The van der Waals surface area contributed by atoms with E-state index in [0.717, 1.165) is 12.6 Å². The van der Waals surface area contributed by atoms with Crippen molar-refractivity contribution in [2.24, 2.45) is 0 Å². The fraction of sp³-hybridized carbons (Fsp3) is 0.647. The number of anilines is 1. The van der Waals surface area contributed by atoms with Gasteiger partial charge in [0, 0.05) is 37.1 Å². The number of hydrogen-bond acceptors (Lipinski definition) is 3. The topological polar surface area (TPSA) is 15.3 Å². The Kier molecular flexibility index (Phi) is 5.79. The van der Waals surface area contributed by atoms with Gasteiger partial charge in [-0.25, -0.2) is 0 Å². The molecule has 0 aromatic heterocycles. The van der Waals surface area contributed by atoms with E-state index in [1.807, 2.05) is 11.8 Å². The van der Waals surface area contributed by atoms with E-state index in [2.05, 4.69) is 55.6 Å². The highest BCUT2D eigenvalue weighted by molar-refractivity contribution is 7.98. The summed E-state index contributed by atoms with van der Waals surface area (Å²) in [6, 6.07) is 8.32. The van der Waals surface area contributed by atoms with Gasteiger partial charge in [-0.1, -0.05) is 13.0 Å². The predicted octanol–water partition coefficient (Wildman–Crippen LogP) is 3.82. The highest BCUT2D eigenvalue weighted by Gasteiger charge is 2.20. The minimum atomic E-state index is 0.625. The van der Waals surface area contributed by atoms with Gasteiger partial charge in [0.1, 0.15) is 0 Å². The van der Waals surface area contributed by atoms with Gasteiger partial charge in [0.05, 0.1) is 0 Å². The molecule has 0 amide bonds. The van der Waals surface area contributed by atoms with Crippen molar-refractivity contribution >= 4 is 17.4 Å². The van der Waals surface area contributed by atoms with Crippen molar-refractivity contribution in [2.75, 3.05) is 24.0 Å². The predicted molar refractivity (Wildman–Crippen MR) is 91.9 cm³/mol. The van der Waals surface area contributed by atoms with E-state index in [-0.39, 0.29) is 0 Å². The maximum atomic E-state index is 3.60. The third-order valence-electron chi connectivity index (χ3n) is 4.27. The number of nitrogens with one attached hydrogen (secondary N) is 1. The Morgan fingerprint density at radius 3 is 2.70 bits per heavy atom. The SMILES string of the molecule is CCC(CSC)N(C)c1ccc(CNC2CC2)c(C)c1. The summed E-state index contributed by atoms with van der Waals surface area (Å²) in [5, 5.41) is 3.60. The monoisotopic (exact) mass is 292 g/mol. The van der Waals surface area contributed by atoms with Crippen LogP contribution >= 0.6 is 11.8 Å². The van der Waals surface area contributed by atoms with E-state index in [1.54, 1.807) is 0 Å². The molecular weight excluding hydrogens is 264 g/mol. The molecule has 2 rings (SSSR count). The highest BCUT2D eigenvalue weighted by Crippen LogP contribution is 2.24. The summed E-state index contributed by atoms with van der Waals surface area (Å²) >= 11 is 1.93. The average molecular weight is 292 g/mol. The van der Waals surface area contributed by atoms with Gasteiger partial charge in [0.2, 0.25) is 0 Å². The number of nitrogens with zero attached hydrogens (tertiary/aromatic N) is 1. The largest absolute Gasteiger partial charge is 0.371 e. The Morgan fingerprint density at radius 2 is 2.15 bits per heavy atom. The summed E-state index contributed by atoms with van der Waals surface area (Å²) in [5.74, 6) is 1.19. The Bertz CT molecular complexity index is 429. The van der Waals surface area contributed by atoms with Gasteiger partial charge >= 0.3 is 0 Å². The maximum absolute atomic E-state index is 3.60. The van der Waals surface area contributed by atoms with Crippen molar-refractivity contribution in [3.05, 3.63) is 29.3 Å². The zero-order valence-corrected chi connectivity index (χ0v) is 14.1. The summed E-state index contributed by atoms with van der Waals surface area (Å²) < 4.78 is 0. The Labute approximate surface area is 128 Å². The van der Waals surface area contributed by atoms with Crippen LogP contribution in [0.3, 0.4) is 0 Å². The first-order valence-corrected chi connectivity index (χ1v) is 9.09. The number of thioether (sulfide) groups is 1. The quantitative estimate of drug-likeness (QED) is 0.784. The molecule has 3 heteroatoms. The fourth-order valence-electron chi connectivity index (χ4n) is 2.55. The molecule has 1 aromatic carbocycles. The van der Waals surface area contributed by atoms with Crippen molar-refractivity contribution in [1.29, 1.82) is 0 Å². The second kappa shape index (κ2) is 7.37. The van der Waals surface area contributed by atoms with Crippen LogP contribution < -0.4 is 10.2 Å². The van der Waals surface area contributed by atoms with Gasteiger partial charge in [-0.2, -0.15) is 11.8 Å². The molecule has 1 N–H and O–H groups in total. The molecule has 0 spiro atoms. The smallest absolute Gasteiger partial charge is 0.0374 e. The Hall–Kier alpha value is -0.670. The van der Waals surface area contributed by atoms with Crippen LogP contribution in [0, 0.1) is 6.92 Å². The molecule has 2 nitrogen and oxygen atoms in total. The third kappa shape index (κ3) is 4.16. The molecule has 1 aliphatic rings. The third-order valence-corrected chi connectivity index (χ3v) is 4.99. The molecule has 0 radical (unpaired) electrons. The minimum absolute atomic E-state index is 0.625. The molecule has 1 aliphatic carbocycles. The molecule has 112 valence electrons. The van der Waals surface area contributed by atoms with E-state index in [1.165, 1.54) is 41.8 Å². The second-order valence-electron chi connectivity index (χ2n) is 5.89. The van der Waals surface area contributed by atoms with Crippen LogP contribution in [-0.2, 0) is 6.54 Å². The van der Waals surface area contributed by atoms with Crippen molar-refractivity contribution in [3.8, 4) is 0 Å². The molecule has 1 saturated carbocycles. The van der Waals surface area contributed by atoms with E-state index in [0.29, 0.717) is 6.04 Å². The molecule has 20 heavy (non-hydrogen) atoms. The molecule has 0 saturated heterocycles. The average Bonchev–Trinajstić information content (AvgIpc) is 3.27. The van der Waals surface area contributed by atoms with Gasteiger partial charge in [-0.15, -0.1) is 0 Å². The van der Waals surface area contributed by atoms with Crippen LogP contribution in [0.4, 0.5) is 5.69 Å².